The highest BCUT2D eigenvalue weighted by molar-refractivity contribution is 5.92. The molecule has 0 aliphatic rings. The minimum absolute atomic E-state index is 0.0133. The minimum atomic E-state index is -4.72. The molecule has 0 radical (unpaired) electrons. The summed E-state index contributed by atoms with van der Waals surface area (Å²) in [5.41, 5.74) is 0. The number of hydrogen-bond acceptors (Lipinski definition) is 5. The highest BCUT2D eigenvalue weighted by Gasteiger charge is 2.35. The van der Waals surface area contributed by atoms with Gasteiger partial charge in [0, 0.05) is 6.92 Å². The molecule has 1 N–H and O–H groups in total. The van der Waals surface area contributed by atoms with Crippen LogP contribution in [0.2, 0.25) is 0 Å². The summed E-state index contributed by atoms with van der Waals surface area (Å²) in [6.45, 7) is -1.47. The summed E-state index contributed by atoms with van der Waals surface area (Å²) in [7, 11) is 0. The molecule has 100 valence electrons. The smallest absolute Gasteiger partial charge is 0.406 e. The fraction of sp³-hybridized carbons (Fsp3) is 0.500. The Bertz CT molecular complexity index is 457. The summed E-state index contributed by atoms with van der Waals surface area (Å²) in [5, 5.41) is 11.6. The third kappa shape index (κ3) is 4.03. The van der Waals surface area contributed by atoms with Crippen molar-refractivity contribution in [3.63, 3.8) is 0 Å². The molecule has 0 fully saturated rings. The molecule has 1 amide bonds. The van der Waals surface area contributed by atoms with E-state index in [9.17, 15) is 22.8 Å². The van der Waals surface area contributed by atoms with E-state index in [0.29, 0.717) is 0 Å². The lowest BCUT2D eigenvalue weighted by atomic mass is 10.4. The summed E-state index contributed by atoms with van der Waals surface area (Å²) in [6, 6.07) is 0. The van der Waals surface area contributed by atoms with Crippen molar-refractivity contribution in [2.24, 2.45) is 0 Å². The number of alkyl halides is 3. The summed E-state index contributed by atoms with van der Waals surface area (Å²) in [6.07, 6.45) is -4.72. The van der Waals surface area contributed by atoms with Gasteiger partial charge in [-0.1, -0.05) is 5.16 Å². The Morgan fingerprint density at radius 3 is 2.44 bits per heavy atom. The summed E-state index contributed by atoms with van der Waals surface area (Å²) >= 11 is 0. The number of carboxylic acid groups (broad SMARTS) is 1. The second-order valence-electron chi connectivity index (χ2n) is 3.31. The Labute approximate surface area is 98.2 Å². The van der Waals surface area contributed by atoms with Crippen LogP contribution in [-0.4, -0.2) is 51.3 Å². The number of carbonyl (C=O) groups is 2. The molecule has 0 bridgehead atoms. The van der Waals surface area contributed by atoms with Crippen LogP contribution in [0.4, 0.5) is 13.2 Å². The van der Waals surface area contributed by atoms with Gasteiger partial charge in [-0.05, 0) is 0 Å². The topological polar surface area (TPSA) is 96.5 Å². The van der Waals surface area contributed by atoms with Gasteiger partial charge in [0.2, 0.25) is 5.89 Å². The molecule has 1 rings (SSSR count). The van der Waals surface area contributed by atoms with Crippen LogP contribution < -0.4 is 0 Å². The Morgan fingerprint density at radius 1 is 1.44 bits per heavy atom. The first-order valence-corrected chi connectivity index (χ1v) is 4.57. The molecule has 1 aromatic rings. The fourth-order valence-electron chi connectivity index (χ4n) is 1.11. The van der Waals surface area contributed by atoms with Gasteiger partial charge in [0.15, 0.2) is 0 Å². The Morgan fingerprint density at radius 2 is 2.06 bits per heavy atom. The van der Waals surface area contributed by atoms with Crippen molar-refractivity contribution in [1.29, 1.82) is 0 Å². The third-order valence-electron chi connectivity index (χ3n) is 1.70. The van der Waals surface area contributed by atoms with E-state index in [1.165, 1.54) is 6.92 Å². The van der Waals surface area contributed by atoms with Crippen molar-refractivity contribution < 1.29 is 32.4 Å². The lowest BCUT2D eigenvalue weighted by Crippen LogP contribution is -2.42. The van der Waals surface area contributed by atoms with Crippen LogP contribution in [0.25, 0.3) is 0 Å². The van der Waals surface area contributed by atoms with Gasteiger partial charge in [0.25, 0.3) is 11.7 Å². The predicted molar refractivity (Wildman–Crippen MR) is 48.6 cm³/mol. The van der Waals surface area contributed by atoms with Crippen LogP contribution in [-0.2, 0) is 4.79 Å². The minimum Gasteiger partial charge on any atom is -0.480 e. The van der Waals surface area contributed by atoms with Crippen LogP contribution in [0.5, 0.6) is 0 Å². The first kappa shape index (κ1) is 13.9. The first-order valence-electron chi connectivity index (χ1n) is 4.57. The van der Waals surface area contributed by atoms with E-state index in [4.69, 9.17) is 5.11 Å². The summed E-state index contributed by atoms with van der Waals surface area (Å²) < 4.78 is 41.0. The number of aryl methyl sites for hydroxylation is 1. The van der Waals surface area contributed by atoms with Crippen LogP contribution in [0.1, 0.15) is 16.5 Å². The molecule has 7 nitrogen and oxygen atoms in total. The van der Waals surface area contributed by atoms with Gasteiger partial charge < -0.3 is 14.5 Å². The molecule has 0 spiro atoms. The van der Waals surface area contributed by atoms with Crippen LogP contribution >= 0.6 is 0 Å². The van der Waals surface area contributed by atoms with E-state index in [1.807, 2.05) is 0 Å². The Balaban J connectivity index is 2.88. The second-order valence-corrected chi connectivity index (χ2v) is 3.31. The van der Waals surface area contributed by atoms with E-state index in [-0.39, 0.29) is 10.8 Å². The van der Waals surface area contributed by atoms with Crippen molar-refractivity contribution in [3.8, 4) is 0 Å². The zero-order chi connectivity index (χ0) is 13.9. The molecule has 10 heteroatoms. The van der Waals surface area contributed by atoms with Gasteiger partial charge in [-0.15, -0.1) is 0 Å². The van der Waals surface area contributed by atoms with Crippen LogP contribution in [0.3, 0.4) is 0 Å². The van der Waals surface area contributed by atoms with Crippen molar-refractivity contribution >= 4 is 11.9 Å². The molecular formula is C8H8F3N3O4. The van der Waals surface area contributed by atoms with Crippen molar-refractivity contribution in [2.75, 3.05) is 13.1 Å². The number of carbonyl (C=O) groups excluding carboxylic acids is 1. The average molecular weight is 267 g/mol. The normalized spacial score (nSPS) is 11.3. The zero-order valence-corrected chi connectivity index (χ0v) is 9.06. The molecule has 1 aromatic heterocycles. The fourth-order valence-corrected chi connectivity index (χ4v) is 1.11. The number of nitrogens with zero attached hydrogens (tertiary/aromatic N) is 3. The quantitative estimate of drug-likeness (QED) is 0.851. The van der Waals surface area contributed by atoms with Crippen LogP contribution in [0, 0.1) is 6.92 Å². The molecule has 0 unspecified atom stereocenters. The number of rotatable bonds is 4. The number of halogens is 3. The lowest BCUT2D eigenvalue weighted by Gasteiger charge is -2.20. The number of hydrogen-bond donors (Lipinski definition) is 1. The molecule has 0 atom stereocenters. The lowest BCUT2D eigenvalue weighted by molar-refractivity contribution is -0.149. The maximum atomic E-state index is 12.2. The standard InChI is InChI=1S/C8H8F3N3O4/c1-4-12-6(13-18-4)7(17)14(2-5(15)16)3-8(9,10)11/h2-3H2,1H3,(H,15,16). The number of aromatic nitrogens is 2. The van der Waals surface area contributed by atoms with E-state index in [0.717, 1.165) is 0 Å². The van der Waals surface area contributed by atoms with Crippen molar-refractivity contribution in [2.45, 2.75) is 13.1 Å². The molecule has 0 aliphatic heterocycles. The second kappa shape index (κ2) is 5.02. The van der Waals surface area contributed by atoms with Crippen molar-refractivity contribution in [1.82, 2.24) is 15.0 Å². The Hall–Kier alpha value is -2.13. The molecule has 0 aliphatic carbocycles. The van der Waals surface area contributed by atoms with Gasteiger partial charge in [0.05, 0.1) is 0 Å². The van der Waals surface area contributed by atoms with E-state index in [1.54, 1.807) is 0 Å². The molecular weight excluding hydrogens is 259 g/mol. The van der Waals surface area contributed by atoms with Gasteiger partial charge in [-0.2, -0.15) is 18.2 Å². The Kier molecular flexibility index (Phi) is 3.89. The molecule has 0 aromatic carbocycles. The van der Waals surface area contributed by atoms with E-state index >= 15 is 0 Å². The van der Waals surface area contributed by atoms with Gasteiger partial charge >= 0.3 is 12.1 Å². The maximum absolute atomic E-state index is 12.2. The van der Waals surface area contributed by atoms with Gasteiger partial charge in [0.1, 0.15) is 13.1 Å². The van der Waals surface area contributed by atoms with Crippen LogP contribution in [0.15, 0.2) is 4.52 Å². The average Bonchev–Trinajstić information content (AvgIpc) is 2.59. The number of amides is 1. The largest absolute Gasteiger partial charge is 0.480 e. The number of aliphatic carboxylic acids is 1. The van der Waals surface area contributed by atoms with Crippen molar-refractivity contribution in [3.05, 3.63) is 11.7 Å². The monoisotopic (exact) mass is 267 g/mol. The zero-order valence-electron chi connectivity index (χ0n) is 9.06. The SMILES string of the molecule is Cc1nc(C(=O)N(CC(=O)O)CC(F)(F)F)no1. The predicted octanol–water partition coefficient (Wildman–Crippen LogP) is 0.467. The molecule has 0 saturated heterocycles. The highest BCUT2D eigenvalue weighted by atomic mass is 19.4. The summed E-state index contributed by atoms with van der Waals surface area (Å²) in [5.74, 6) is -3.46. The van der Waals surface area contributed by atoms with Gasteiger partial charge in [-0.25, -0.2) is 0 Å². The highest BCUT2D eigenvalue weighted by Crippen LogP contribution is 2.17. The first-order chi connectivity index (χ1) is 8.19. The molecule has 18 heavy (non-hydrogen) atoms. The summed E-state index contributed by atoms with van der Waals surface area (Å²) in [4.78, 5) is 25.5. The third-order valence-corrected chi connectivity index (χ3v) is 1.70. The van der Waals surface area contributed by atoms with Gasteiger partial charge in [-0.3, -0.25) is 9.59 Å². The maximum Gasteiger partial charge on any atom is 0.406 e. The van der Waals surface area contributed by atoms with E-state index < -0.39 is 37.0 Å². The molecule has 0 saturated carbocycles. The van der Waals surface area contributed by atoms with E-state index in [2.05, 4.69) is 14.7 Å². The number of carboxylic acids is 1. The molecule has 1 heterocycles.